The number of hydrogen-bond acceptors (Lipinski definition) is 35. The van der Waals surface area contributed by atoms with Gasteiger partial charge < -0.3 is 175 Å². The third-order valence-electron chi connectivity index (χ3n) is 15.7. The maximum atomic E-state index is 12.9. The van der Waals surface area contributed by atoms with Crippen LogP contribution in [0.3, 0.4) is 0 Å². The molecule has 7 unspecified atom stereocenters. The van der Waals surface area contributed by atoms with Crippen LogP contribution in [0, 0.1) is 0 Å². The van der Waals surface area contributed by atoms with Crippen LogP contribution in [0.4, 0.5) is 0 Å². The molecule has 7 saturated heterocycles. The number of amides is 3. The van der Waals surface area contributed by atoms with Crippen LogP contribution in [0.2, 0.25) is 0 Å². The van der Waals surface area contributed by atoms with Crippen LogP contribution in [-0.4, -0.2) is 369 Å². The van der Waals surface area contributed by atoms with Crippen molar-refractivity contribution in [1.82, 2.24) is 16.0 Å². The van der Waals surface area contributed by atoms with Crippen molar-refractivity contribution in [2.24, 2.45) is 0 Å². The van der Waals surface area contributed by atoms with Crippen molar-refractivity contribution < 1.29 is 173 Å². The Morgan fingerprint density at radius 3 is 1.26 bits per heavy atom. The molecule has 7 fully saturated rings. The number of aliphatic hydroxyl groups excluding tert-OH is 19. The summed E-state index contributed by atoms with van der Waals surface area (Å²) < 4.78 is 75.7. The lowest BCUT2D eigenvalue weighted by atomic mass is 9.93. The Morgan fingerprint density at radius 2 is 0.709 bits per heavy atom. The Labute approximate surface area is 488 Å². The van der Waals surface area contributed by atoms with Gasteiger partial charge in [0.2, 0.25) is 17.7 Å². The maximum Gasteiger partial charge on any atom is 0.217 e. The first-order valence-corrected chi connectivity index (χ1v) is 27.5. The highest BCUT2D eigenvalue weighted by Gasteiger charge is 2.58. The summed E-state index contributed by atoms with van der Waals surface area (Å²) in [6.45, 7) is -1.41. The molecule has 7 aliphatic heterocycles. The Morgan fingerprint density at radius 1 is 0.326 bits per heavy atom. The summed E-state index contributed by atoms with van der Waals surface area (Å²) in [6, 6.07) is -5.23. The number of hydrogen-bond donors (Lipinski definition) is 22. The quantitative estimate of drug-likeness (QED) is 0.0507. The van der Waals surface area contributed by atoms with Crippen LogP contribution in [0.15, 0.2) is 0 Å². The molecule has 35 atom stereocenters. The molecule has 3 amide bonds. The SMILES string of the molecule is CC(=O)N[C@H]1C(O[C@@H]2C(O[C@H]3[C@H](O)[C@@H](COC4O[C@H](CO)[C@@H](O)[C@H](O)[C@@H]4O)OC(O[C@H]4[C@H](O)[C@@H](NC(C)=O)C(O[C@H]5[C@H](O)[C@@H](NC(C)=O)C(O)O[C@@H]5COC5O[C@@H](C)[C@@H](O)[C@@H](O)[C@@H]5O)O[C@@H]4CO)[C@H]3O)O[C@H](CO)[C@@H](O)[C@@H]2O)O[C@H](CO)[C@@H](O)[C@@H]1O. The van der Waals surface area contributed by atoms with E-state index in [2.05, 4.69) is 16.0 Å². The zero-order chi connectivity index (χ0) is 63.5. The second-order valence-electron chi connectivity index (χ2n) is 21.8. The lowest BCUT2D eigenvalue weighted by Crippen LogP contribution is -2.70. The average molecular weight is 1260 g/mol. The second-order valence-corrected chi connectivity index (χ2v) is 21.8. The summed E-state index contributed by atoms with van der Waals surface area (Å²) in [5, 5.41) is 214. The summed E-state index contributed by atoms with van der Waals surface area (Å²) in [6.07, 6.45) is -61.5. The van der Waals surface area contributed by atoms with Crippen molar-refractivity contribution in [3.63, 3.8) is 0 Å². The third kappa shape index (κ3) is 15.5. The topological polar surface area (TPSA) is 592 Å². The van der Waals surface area contributed by atoms with E-state index in [0.29, 0.717) is 0 Å². The van der Waals surface area contributed by atoms with Crippen LogP contribution in [0.5, 0.6) is 0 Å². The standard InChI is InChI=1S/C48H81N3O35/c1-11-24(59)32(67)35(70)45(76-11)75-10-20-39(30(65)21(42(73)77-20)49-12(2)56)83-44-23(51-14(4)58)31(66)38(18(8-55)81-44)84-47-37(72)40(28(63)19(82-47)9-74-46-36(71)33(68)26(61)16(6-53)79-46)85-48-41(34(69)27(62)17(7-54)80-48)86-43-22(50-13(3)57)29(64)25(60)15(5-52)78-43/h11,15-48,52-55,59-73H,5-10H2,1-4H3,(H,49,56)(H,50,57)(H,51,58)/t11-,15+,16+,17+,18+,19+,20+,21+,22+,23+,24+,25+,26+,27+,28+,29+,30+,31+,32+,33-,34-,35-,36-,37-,38+,39+,40-,41-,42?,43?,44?,45?,46?,47?,48?/m0/s1. The largest absolute Gasteiger partial charge is 0.394 e. The van der Waals surface area contributed by atoms with Crippen LogP contribution in [0.1, 0.15) is 27.7 Å². The van der Waals surface area contributed by atoms with Crippen molar-refractivity contribution in [1.29, 1.82) is 0 Å². The Hall–Kier alpha value is -2.87. The fourth-order valence-corrected chi connectivity index (χ4v) is 10.9. The monoisotopic (exact) mass is 1260 g/mol. The number of carbonyl (C=O) groups is 3. The Bertz CT molecular complexity index is 2170. The van der Waals surface area contributed by atoms with Gasteiger partial charge in [0.1, 0.15) is 165 Å². The second kappa shape index (κ2) is 30.5. The molecule has 498 valence electrons. The van der Waals surface area contributed by atoms with E-state index in [4.69, 9.17) is 61.6 Å². The smallest absolute Gasteiger partial charge is 0.217 e. The molecule has 0 bridgehead atoms. The summed E-state index contributed by atoms with van der Waals surface area (Å²) >= 11 is 0. The molecule has 0 aromatic carbocycles. The van der Waals surface area contributed by atoms with E-state index >= 15 is 0 Å². The Kier molecular flexibility index (Phi) is 25.0. The highest BCUT2D eigenvalue weighted by Crippen LogP contribution is 2.37. The van der Waals surface area contributed by atoms with Crippen molar-refractivity contribution in [3.8, 4) is 0 Å². The van der Waals surface area contributed by atoms with E-state index in [1.807, 2.05) is 0 Å². The molecule has 38 nitrogen and oxygen atoms in total. The first-order chi connectivity index (χ1) is 40.6. The van der Waals surface area contributed by atoms with Crippen LogP contribution >= 0.6 is 0 Å². The molecule has 7 aliphatic rings. The van der Waals surface area contributed by atoms with Crippen molar-refractivity contribution >= 4 is 17.7 Å². The normalized spacial score (nSPS) is 49.4. The van der Waals surface area contributed by atoms with E-state index < -0.39 is 272 Å². The van der Waals surface area contributed by atoms with Gasteiger partial charge in [-0.05, 0) is 6.92 Å². The highest BCUT2D eigenvalue weighted by molar-refractivity contribution is 5.74. The van der Waals surface area contributed by atoms with Crippen molar-refractivity contribution in [2.45, 2.75) is 242 Å². The number of rotatable bonds is 21. The summed E-state index contributed by atoms with van der Waals surface area (Å²) in [7, 11) is 0. The van der Waals surface area contributed by atoms with E-state index in [0.717, 1.165) is 20.8 Å². The molecule has 7 heterocycles. The van der Waals surface area contributed by atoms with Crippen molar-refractivity contribution in [3.05, 3.63) is 0 Å². The Balaban J connectivity index is 1.19. The molecule has 0 saturated carbocycles. The third-order valence-corrected chi connectivity index (χ3v) is 15.7. The molecule has 7 rings (SSSR count). The molecular weight excluding hydrogens is 1180 g/mol. The van der Waals surface area contributed by atoms with E-state index in [-0.39, 0.29) is 0 Å². The van der Waals surface area contributed by atoms with E-state index in [1.165, 1.54) is 6.92 Å². The molecule has 86 heavy (non-hydrogen) atoms. The minimum absolute atomic E-state index is 0.770. The van der Waals surface area contributed by atoms with Gasteiger partial charge in [-0.1, -0.05) is 0 Å². The molecule has 0 radical (unpaired) electrons. The van der Waals surface area contributed by atoms with E-state index in [9.17, 15) is 111 Å². The number of nitrogens with one attached hydrogen (secondary N) is 3. The zero-order valence-corrected chi connectivity index (χ0v) is 46.5. The number of aliphatic hydroxyl groups is 19. The van der Waals surface area contributed by atoms with Gasteiger partial charge in [0.05, 0.1) is 45.7 Å². The van der Waals surface area contributed by atoms with Gasteiger partial charge in [-0.3, -0.25) is 14.4 Å². The predicted molar refractivity (Wildman–Crippen MR) is 265 cm³/mol. The average Bonchev–Trinajstić information content (AvgIpc) is 1.44. The van der Waals surface area contributed by atoms with Crippen LogP contribution in [0.25, 0.3) is 0 Å². The van der Waals surface area contributed by atoms with Gasteiger partial charge in [-0.15, -0.1) is 0 Å². The maximum absolute atomic E-state index is 12.9. The lowest BCUT2D eigenvalue weighted by molar-refractivity contribution is -0.394. The van der Waals surface area contributed by atoms with Gasteiger partial charge >= 0.3 is 0 Å². The predicted octanol–water partition coefficient (Wildman–Crippen LogP) is -14.8. The van der Waals surface area contributed by atoms with Crippen LogP contribution < -0.4 is 16.0 Å². The van der Waals surface area contributed by atoms with Gasteiger partial charge in [0, 0.05) is 20.8 Å². The molecule has 0 aliphatic carbocycles. The van der Waals surface area contributed by atoms with Gasteiger partial charge in [-0.25, -0.2) is 0 Å². The first kappa shape index (κ1) is 70.6. The van der Waals surface area contributed by atoms with E-state index in [1.54, 1.807) is 0 Å². The molecule has 38 heteroatoms. The molecule has 0 spiro atoms. The molecule has 22 N–H and O–H groups in total. The van der Waals surface area contributed by atoms with Gasteiger partial charge in [0.25, 0.3) is 0 Å². The molecular formula is C48H81N3O35. The fourth-order valence-electron chi connectivity index (χ4n) is 10.9. The zero-order valence-electron chi connectivity index (χ0n) is 46.5. The summed E-state index contributed by atoms with van der Waals surface area (Å²) in [5.41, 5.74) is 0. The lowest BCUT2D eigenvalue weighted by Gasteiger charge is -2.51. The summed E-state index contributed by atoms with van der Waals surface area (Å²) in [5.74, 6) is -2.49. The minimum atomic E-state index is -2.39. The van der Waals surface area contributed by atoms with Gasteiger partial charge in [-0.2, -0.15) is 0 Å². The first-order valence-electron chi connectivity index (χ1n) is 27.5. The minimum Gasteiger partial charge on any atom is -0.394 e. The fraction of sp³-hybridized carbons (Fsp3) is 0.938. The summed E-state index contributed by atoms with van der Waals surface area (Å²) in [4.78, 5) is 37.4. The van der Waals surface area contributed by atoms with Gasteiger partial charge in [0.15, 0.2) is 44.0 Å². The number of carbonyl (C=O) groups excluding carboxylic acids is 3. The van der Waals surface area contributed by atoms with Crippen LogP contribution in [-0.2, 0) is 76.0 Å². The molecule has 0 aromatic rings. The highest BCUT2D eigenvalue weighted by atomic mass is 16.8. The van der Waals surface area contributed by atoms with Crippen molar-refractivity contribution in [2.75, 3.05) is 39.6 Å². The number of ether oxygens (including phenoxy) is 13. The molecule has 0 aromatic heterocycles.